The van der Waals surface area contributed by atoms with Gasteiger partial charge >= 0.3 is 0 Å². The molecule has 0 aromatic carbocycles. The topological polar surface area (TPSA) is 72.4 Å². The highest BCUT2D eigenvalue weighted by molar-refractivity contribution is 5.77. The third kappa shape index (κ3) is 4.69. The summed E-state index contributed by atoms with van der Waals surface area (Å²) in [5.74, 6) is 0.750. The van der Waals surface area contributed by atoms with Crippen molar-refractivity contribution in [3.05, 3.63) is 59.3 Å². The highest BCUT2D eigenvalue weighted by Crippen LogP contribution is 2.46. The van der Waals surface area contributed by atoms with Crippen molar-refractivity contribution >= 4 is 16.9 Å². The number of ether oxygens (including phenoxy) is 2. The van der Waals surface area contributed by atoms with Crippen LogP contribution in [0.4, 0.5) is 10.2 Å². The molecule has 0 radical (unpaired) electrons. The summed E-state index contributed by atoms with van der Waals surface area (Å²) in [5.41, 5.74) is 4.00. The summed E-state index contributed by atoms with van der Waals surface area (Å²) in [4.78, 5) is 15.8. The lowest BCUT2D eigenvalue weighted by atomic mass is 9.69. The number of aryl methyl sites for hydroxylation is 2. The molecule has 1 N–H and O–H groups in total. The third-order valence-corrected chi connectivity index (χ3v) is 8.32. The van der Waals surface area contributed by atoms with Crippen LogP contribution in [0.3, 0.4) is 0 Å². The first-order chi connectivity index (χ1) is 17.5. The van der Waals surface area contributed by atoms with E-state index in [0.717, 1.165) is 82.0 Å². The number of rotatable bonds is 7. The highest BCUT2D eigenvalue weighted by atomic mass is 19.1. The lowest BCUT2D eigenvalue weighted by molar-refractivity contribution is -0.165. The van der Waals surface area contributed by atoms with Gasteiger partial charge in [0.1, 0.15) is 11.6 Å². The minimum atomic E-state index is -0.270. The molecule has 1 aliphatic carbocycles. The number of pyridine rings is 3. The molecule has 7 nitrogen and oxygen atoms in total. The standard InChI is InChI=1S/C28H34FN5O2/c1-20-2-4-24-26(33-20)22(23(29)18-30-24)6-7-28-10-8-27(9-11-28,19-36-28)32-17-21-3-5-25(31-16-21)34-12-14-35-15-13-34/h2-5,16,18,32H,6-15,17,19H2,1H3. The van der Waals surface area contributed by atoms with Crippen molar-refractivity contribution in [2.24, 2.45) is 0 Å². The Morgan fingerprint density at radius 2 is 1.86 bits per heavy atom. The Morgan fingerprint density at radius 1 is 1.03 bits per heavy atom. The van der Waals surface area contributed by atoms with Crippen LogP contribution < -0.4 is 10.2 Å². The molecule has 4 fully saturated rings. The SMILES string of the molecule is Cc1ccc2ncc(F)c(CCC34CCC(NCc5ccc(N6CCOCC6)nc5)(CC3)CO4)c2n1. The fourth-order valence-corrected chi connectivity index (χ4v) is 5.89. The maximum atomic E-state index is 14.7. The summed E-state index contributed by atoms with van der Waals surface area (Å²) in [6, 6.07) is 8.12. The molecular formula is C28H34FN5O2. The molecule has 7 rings (SSSR count). The van der Waals surface area contributed by atoms with Gasteiger partial charge in [-0.1, -0.05) is 6.07 Å². The van der Waals surface area contributed by atoms with Crippen LogP contribution in [0.1, 0.15) is 48.9 Å². The van der Waals surface area contributed by atoms with E-state index in [1.807, 2.05) is 25.3 Å². The maximum Gasteiger partial charge on any atom is 0.146 e. The van der Waals surface area contributed by atoms with E-state index in [1.165, 1.54) is 11.8 Å². The second-order valence-corrected chi connectivity index (χ2v) is 10.6. The predicted molar refractivity (Wildman–Crippen MR) is 137 cm³/mol. The number of nitrogens with zero attached hydrogens (tertiary/aromatic N) is 4. The normalized spacial score (nSPS) is 26.0. The molecule has 190 valence electrons. The van der Waals surface area contributed by atoms with Crippen molar-refractivity contribution < 1.29 is 13.9 Å². The lowest BCUT2D eigenvalue weighted by Gasteiger charge is -2.53. The van der Waals surface area contributed by atoms with Crippen LogP contribution in [0.5, 0.6) is 0 Å². The van der Waals surface area contributed by atoms with Crippen LogP contribution in [0, 0.1) is 12.7 Å². The van der Waals surface area contributed by atoms with Gasteiger partial charge in [0.2, 0.25) is 0 Å². The minimum Gasteiger partial charge on any atom is -0.378 e. The van der Waals surface area contributed by atoms with E-state index in [2.05, 4.69) is 37.3 Å². The first-order valence-corrected chi connectivity index (χ1v) is 13.1. The van der Waals surface area contributed by atoms with Crippen molar-refractivity contribution in [1.82, 2.24) is 20.3 Å². The number of fused-ring (bicyclic) bond motifs is 4. The van der Waals surface area contributed by atoms with Gasteiger partial charge in [0, 0.05) is 42.6 Å². The Kier molecular flexibility index (Phi) is 6.35. The number of halogens is 1. The first kappa shape index (κ1) is 23.7. The molecule has 3 saturated heterocycles. The Hall–Kier alpha value is -2.68. The van der Waals surface area contributed by atoms with Gasteiger partial charge in [-0.3, -0.25) is 9.97 Å². The molecule has 0 amide bonds. The molecule has 8 heteroatoms. The highest BCUT2D eigenvalue weighted by Gasteiger charge is 2.49. The second-order valence-electron chi connectivity index (χ2n) is 10.6. The zero-order valence-electron chi connectivity index (χ0n) is 20.9. The van der Waals surface area contributed by atoms with Gasteiger partial charge in [-0.25, -0.2) is 9.37 Å². The number of hydrogen-bond acceptors (Lipinski definition) is 7. The fraction of sp³-hybridized carbons (Fsp3) is 0.536. The largest absolute Gasteiger partial charge is 0.378 e. The van der Waals surface area contributed by atoms with Crippen LogP contribution in [0.15, 0.2) is 36.7 Å². The molecular weight excluding hydrogens is 457 g/mol. The van der Waals surface area contributed by atoms with Crippen LogP contribution in [0.25, 0.3) is 11.0 Å². The molecule has 0 unspecified atom stereocenters. The van der Waals surface area contributed by atoms with Gasteiger partial charge in [-0.05, 0) is 69.2 Å². The molecule has 6 heterocycles. The molecule has 3 aromatic rings. The number of morpholine rings is 1. The summed E-state index contributed by atoms with van der Waals surface area (Å²) in [6.07, 6.45) is 8.86. The van der Waals surface area contributed by atoms with Crippen molar-refractivity contribution in [3.63, 3.8) is 0 Å². The molecule has 0 spiro atoms. The number of aromatic nitrogens is 3. The Morgan fingerprint density at radius 3 is 2.58 bits per heavy atom. The van der Waals surface area contributed by atoms with Crippen LogP contribution in [0.2, 0.25) is 0 Å². The molecule has 36 heavy (non-hydrogen) atoms. The zero-order valence-corrected chi connectivity index (χ0v) is 20.9. The number of anilines is 1. The van der Waals surface area contributed by atoms with Gasteiger partial charge in [0.05, 0.1) is 42.7 Å². The average molecular weight is 492 g/mol. The van der Waals surface area contributed by atoms with Gasteiger partial charge < -0.3 is 19.7 Å². The van der Waals surface area contributed by atoms with Crippen molar-refractivity contribution in [2.75, 3.05) is 37.8 Å². The summed E-state index contributed by atoms with van der Waals surface area (Å²) in [7, 11) is 0. The van der Waals surface area contributed by atoms with Crippen LogP contribution >= 0.6 is 0 Å². The van der Waals surface area contributed by atoms with Gasteiger partial charge in [-0.15, -0.1) is 0 Å². The van der Waals surface area contributed by atoms with E-state index >= 15 is 0 Å². The predicted octanol–water partition coefficient (Wildman–Crippen LogP) is 4.11. The lowest BCUT2D eigenvalue weighted by Crippen LogP contribution is -2.61. The van der Waals surface area contributed by atoms with Crippen molar-refractivity contribution in [3.8, 4) is 0 Å². The van der Waals surface area contributed by atoms with Crippen LogP contribution in [-0.2, 0) is 22.4 Å². The Balaban J connectivity index is 1.06. The van der Waals surface area contributed by atoms with E-state index < -0.39 is 0 Å². The molecule has 1 saturated carbocycles. The average Bonchev–Trinajstić information content (AvgIpc) is 2.93. The third-order valence-electron chi connectivity index (χ3n) is 8.32. The number of nitrogens with one attached hydrogen (secondary N) is 1. The monoisotopic (exact) mass is 491 g/mol. The van der Waals surface area contributed by atoms with Gasteiger partial charge in [0.15, 0.2) is 0 Å². The van der Waals surface area contributed by atoms with E-state index in [9.17, 15) is 4.39 Å². The fourth-order valence-electron chi connectivity index (χ4n) is 5.89. The van der Waals surface area contributed by atoms with Gasteiger partial charge in [0.25, 0.3) is 0 Å². The van der Waals surface area contributed by atoms with E-state index in [4.69, 9.17) is 9.47 Å². The smallest absolute Gasteiger partial charge is 0.146 e. The summed E-state index contributed by atoms with van der Waals surface area (Å²) in [6.45, 7) is 6.73. The van der Waals surface area contributed by atoms with Crippen LogP contribution in [-0.4, -0.2) is 59.0 Å². The van der Waals surface area contributed by atoms with E-state index in [1.54, 1.807) is 0 Å². The molecule has 2 bridgehead atoms. The summed E-state index contributed by atoms with van der Waals surface area (Å²) in [5, 5.41) is 3.79. The number of hydrogen-bond donors (Lipinski definition) is 1. The first-order valence-electron chi connectivity index (χ1n) is 13.1. The minimum absolute atomic E-state index is 0.0118. The van der Waals surface area contributed by atoms with E-state index in [-0.39, 0.29) is 17.0 Å². The quantitative estimate of drug-likeness (QED) is 0.533. The molecule has 4 aliphatic rings. The summed E-state index contributed by atoms with van der Waals surface area (Å²) < 4.78 is 26.7. The van der Waals surface area contributed by atoms with Crippen molar-refractivity contribution in [2.45, 2.75) is 63.1 Å². The molecule has 3 aromatic heterocycles. The second kappa shape index (κ2) is 9.65. The van der Waals surface area contributed by atoms with Crippen molar-refractivity contribution in [1.29, 1.82) is 0 Å². The zero-order chi connectivity index (χ0) is 24.6. The molecule has 3 aliphatic heterocycles. The maximum absolute atomic E-state index is 14.7. The van der Waals surface area contributed by atoms with E-state index in [0.29, 0.717) is 24.1 Å². The Labute approximate surface area is 211 Å². The van der Waals surface area contributed by atoms with Gasteiger partial charge in [-0.2, -0.15) is 0 Å². The molecule has 0 atom stereocenters. The Bertz CT molecular complexity index is 1200. The summed E-state index contributed by atoms with van der Waals surface area (Å²) >= 11 is 0.